The summed E-state index contributed by atoms with van der Waals surface area (Å²) in [5.74, 6) is -0.713. The molecule has 2 N–H and O–H groups in total. The molecule has 3 saturated heterocycles. The van der Waals surface area contributed by atoms with Crippen LogP contribution in [-0.2, 0) is 16.1 Å². The Morgan fingerprint density at radius 1 is 1.03 bits per heavy atom. The predicted molar refractivity (Wildman–Crippen MR) is 115 cm³/mol. The van der Waals surface area contributed by atoms with E-state index in [9.17, 15) is 14.4 Å². The van der Waals surface area contributed by atoms with Crippen LogP contribution in [0.5, 0.6) is 0 Å². The first-order valence-corrected chi connectivity index (χ1v) is 11.5. The van der Waals surface area contributed by atoms with Gasteiger partial charge in [0.2, 0.25) is 11.8 Å². The summed E-state index contributed by atoms with van der Waals surface area (Å²) in [6.07, 6.45) is 3.29. The summed E-state index contributed by atoms with van der Waals surface area (Å²) >= 11 is 0. The highest BCUT2D eigenvalue weighted by molar-refractivity contribution is 6.05. The molecule has 4 aliphatic heterocycles. The molecule has 8 nitrogen and oxygen atoms in total. The minimum Gasteiger partial charge on any atom is -0.370 e. The fourth-order valence-corrected chi connectivity index (χ4v) is 6.21. The Morgan fingerprint density at radius 2 is 1.81 bits per heavy atom. The molecule has 1 spiro atoms. The second-order valence-electron chi connectivity index (χ2n) is 9.95. The largest absolute Gasteiger partial charge is 0.370 e. The Labute approximate surface area is 181 Å². The first kappa shape index (κ1) is 19.3. The molecule has 3 amide bonds. The zero-order valence-electron chi connectivity index (χ0n) is 17.7. The van der Waals surface area contributed by atoms with Crippen LogP contribution < -0.4 is 15.5 Å². The van der Waals surface area contributed by atoms with Crippen molar-refractivity contribution in [1.29, 1.82) is 0 Å². The number of nitrogens with one attached hydrogen (secondary N) is 2. The Morgan fingerprint density at radius 3 is 2.55 bits per heavy atom. The number of carbonyl (C=O) groups excluding carboxylic acids is 3. The Hall–Kier alpha value is -2.45. The second kappa shape index (κ2) is 7.03. The van der Waals surface area contributed by atoms with E-state index in [1.165, 1.54) is 31.6 Å². The number of fused-ring (bicyclic) bond motifs is 1. The minimum atomic E-state index is -0.551. The molecule has 164 valence electrons. The molecule has 31 heavy (non-hydrogen) atoms. The van der Waals surface area contributed by atoms with E-state index in [1.807, 2.05) is 12.1 Å². The van der Waals surface area contributed by atoms with E-state index in [0.717, 1.165) is 37.8 Å². The molecule has 1 aliphatic carbocycles. The first-order valence-electron chi connectivity index (χ1n) is 11.5. The van der Waals surface area contributed by atoms with Crippen molar-refractivity contribution in [3.05, 3.63) is 29.3 Å². The van der Waals surface area contributed by atoms with Crippen LogP contribution in [-0.4, -0.2) is 78.9 Å². The highest BCUT2D eigenvalue weighted by atomic mass is 16.2. The van der Waals surface area contributed by atoms with Crippen LogP contribution in [0, 0.1) is 5.41 Å². The van der Waals surface area contributed by atoms with Gasteiger partial charge in [-0.25, -0.2) is 0 Å². The van der Waals surface area contributed by atoms with Crippen molar-refractivity contribution in [3.63, 3.8) is 0 Å². The van der Waals surface area contributed by atoms with Gasteiger partial charge in [0, 0.05) is 74.9 Å². The van der Waals surface area contributed by atoms with E-state index in [2.05, 4.69) is 26.5 Å². The number of benzene rings is 1. The number of piperidine rings is 1. The summed E-state index contributed by atoms with van der Waals surface area (Å²) in [7, 11) is 0. The zero-order valence-corrected chi connectivity index (χ0v) is 17.7. The average Bonchev–Trinajstić information content (AvgIpc) is 3.03. The van der Waals surface area contributed by atoms with E-state index >= 15 is 0 Å². The molecule has 0 radical (unpaired) electrons. The molecule has 1 atom stereocenters. The third kappa shape index (κ3) is 3.15. The van der Waals surface area contributed by atoms with E-state index in [-0.39, 0.29) is 24.1 Å². The SMILES string of the molecule is O=C1CCC(N2Cc3cc(N4CC5(CC(N6CCNCC6)C5)C4)ccc3C2=O)C(=O)N1. The lowest BCUT2D eigenvalue weighted by atomic mass is 9.60. The maximum Gasteiger partial charge on any atom is 0.255 e. The number of piperazine rings is 1. The highest BCUT2D eigenvalue weighted by Gasteiger charge is 2.54. The number of carbonyl (C=O) groups is 3. The molecule has 0 bridgehead atoms. The predicted octanol–water partition coefficient (Wildman–Crippen LogP) is 0.322. The third-order valence-corrected chi connectivity index (χ3v) is 7.93. The van der Waals surface area contributed by atoms with Crippen molar-refractivity contribution in [3.8, 4) is 0 Å². The first-order chi connectivity index (χ1) is 15.0. The van der Waals surface area contributed by atoms with Gasteiger partial charge >= 0.3 is 0 Å². The van der Waals surface area contributed by atoms with Crippen LogP contribution in [0.15, 0.2) is 18.2 Å². The van der Waals surface area contributed by atoms with E-state index in [0.29, 0.717) is 23.9 Å². The molecule has 1 aromatic carbocycles. The number of anilines is 1. The molecular weight excluding hydrogens is 394 g/mol. The van der Waals surface area contributed by atoms with Gasteiger partial charge in [-0.1, -0.05) is 0 Å². The number of hydrogen-bond acceptors (Lipinski definition) is 6. The quantitative estimate of drug-likeness (QED) is 0.682. The summed E-state index contributed by atoms with van der Waals surface area (Å²) in [6, 6.07) is 6.28. The van der Waals surface area contributed by atoms with Gasteiger partial charge in [-0.2, -0.15) is 0 Å². The molecule has 6 rings (SSSR count). The van der Waals surface area contributed by atoms with Crippen molar-refractivity contribution in [2.45, 2.75) is 44.3 Å². The van der Waals surface area contributed by atoms with Crippen LogP contribution in [0.1, 0.15) is 41.6 Å². The smallest absolute Gasteiger partial charge is 0.255 e. The van der Waals surface area contributed by atoms with Crippen molar-refractivity contribution in [2.24, 2.45) is 5.41 Å². The van der Waals surface area contributed by atoms with Gasteiger partial charge in [-0.3, -0.25) is 24.6 Å². The number of imide groups is 1. The lowest BCUT2D eigenvalue weighted by molar-refractivity contribution is -0.136. The van der Waals surface area contributed by atoms with Crippen molar-refractivity contribution in [1.82, 2.24) is 20.4 Å². The van der Waals surface area contributed by atoms with Gasteiger partial charge in [-0.05, 0) is 43.0 Å². The second-order valence-corrected chi connectivity index (χ2v) is 9.95. The third-order valence-electron chi connectivity index (χ3n) is 7.93. The van der Waals surface area contributed by atoms with Gasteiger partial charge in [0.25, 0.3) is 5.91 Å². The van der Waals surface area contributed by atoms with E-state index < -0.39 is 6.04 Å². The summed E-state index contributed by atoms with van der Waals surface area (Å²) < 4.78 is 0. The Bertz CT molecular complexity index is 943. The molecule has 8 heteroatoms. The standard InChI is InChI=1S/C23H29N5O3/c29-20-4-3-19(21(30)25-20)28-12-15-9-16(1-2-18(15)22(28)31)27-13-23(14-27)10-17(11-23)26-7-5-24-6-8-26/h1-2,9,17,19,24H,3-8,10-14H2,(H,25,29,30). The zero-order chi connectivity index (χ0) is 21.2. The van der Waals surface area contributed by atoms with Gasteiger partial charge < -0.3 is 15.1 Å². The summed E-state index contributed by atoms with van der Waals surface area (Å²) in [6.45, 7) is 7.20. The molecule has 1 aromatic rings. The Kier molecular flexibility index (Phi) is 4.37. The van der Waals surface area contributed by atoms with E-state index in [4.69, 9.17) is 0 Å². The number of hydrogen-bond donors (Lipinski definition) is 2. The van der Waals surface area contributed by atoms with Crippen molar-refractivity contribution >= 4 is 23.4 Å². The maximum absolute atomic E-state index is 12.9. The van der Waals surface area contributed by atoms with Crippen LogP contribution >= 0.6 is 0 Å². The van der Waals surface area contributed by atoms with Gasteiger partial charge in [0.05, 0.1) is 0 Å². The molecule has 0 aromatic heterocycles. The van der Waals surface area contributed by atoms with Crippen LogP contribution in [0.3, 0.4) is 0 Å². The van der Waals surface area contributed by atoms with Gasteiger partial charge in [-0.15, -0.1) is 0 Å². The summed E-state index contributed by atoms with van der Waals surface area (Å²) in [5.41, 5.74) is 3.32. The maximum atomic E-state index is 12.9. The Balaban J connectivity index is 1.09. The number of amides is 3. The molecule has 5 aliphatic rings. The molecule has 4 heterocycles. The van der Waals surface area contributed by atoms with Crippen LogP contribution in [0.4, 0.5) is 5.69 Å². The summed E-state index contributed by atoms with van der Waals surface area (Å²) in [5, 5.41) is 5.80. The number of rotatable bonds is 3. The number of nitrogens with zero attached hydrogens (tertiary/aromatic N) is 3. The fraction of sp³-hybridized carbons (Fsp3) is 0.609. The topological polar surface area (TPSA) is 85.0 Å². The van der Waals surface area contributed by atoms with Crippen LogP contribution in [0.25, 0.3) is 0 Å². The summed E-state index contributed by atoms with van der Waals surface area (Å²) in [4.78, 5) is 43.2. The van der Waals surface area contributed by atoms with Crippen molar-refractivity contribution < 1.29 is 14.4 Å². The lowest BCUT2D eigenvalue weighted by Crippen LogP contribution is -2.67. The van der Waals surface area contributed by atoms with E-state index in [1.54, 1.807) is 4.90 Å². The van der Waals surface area contributed by atoms with Gasteiger partial charge in [0.1, 0.15) is 6.04 Å². The van der Waals surface area contributed by atoms with Gasteiger partial charge in [0.15, 0.2) is 0 Å². The molecule has 1 saturated carbocycles. The lowest BCUT2D eigenvalue weighted by Gasteiger charge is -2.62. The molecule has 4 fully saturated rings. The fourth-order valence-electron chi connectivity index (χ4n) is 6.21. The molecular formula is C23H29N5O3. The monoisotopic (exact) mass is 423 g/mol. The van der Waals surface area contributed by atoms with Crippen molar-refractivity contribution in [2.75, 3.05) is 44.2 Å². The minimum absolute atomic E-state index is 0.103. The van der Waals surface area contributed by atoms with Crippen LogP contribution in [0.2, 0.25) is 0 Å². The normalized spacial score (nSPS) is 28.4. The average molecular weight is 424 g/mol. The highest BCUT2D eigenvalue weighted by Crippen LogP contribution is 2.51. The molecule has 1 unspecified atom stereocenters.